The Labute approximate surface area is 229 Å². The predicted octanol–water partition coefficient (Wildman–Crippen LogP) is 1.73. The highest BCUT2D eigenvalue weighted by molar-refractivity contribution is 6.45. The number of nitrogens with two attached hydrogens (primary N) is 1. The van der Waals surface area contributed by atoms with Crippen molar-refractivity contribution in [2.75, 3.05) is 55.1 Å². The minimum absolute atomic E-state index is 0.0652. The first-order valence-electron chi connectivity index (χ1n) is 12.4. The number of hydrogen-bond acceptors (Lipinski definition) is 10. The van der Waals surface area contributed by atoms with Crippen LogP contribution in [0.2, 0.25) is 0 Å². The molecule has 40 heavy (non-hydrogen) atoms. The van der Waals surface area contributed by atoms with E-state index >= 15 is 0 Å². The number of ketones is 1. The van der Waals surface area contributed by atoms with Gasteiger partial charge in [-0.25, -0.2) is 15.2 Å². The van der Waals surface area contributed by atoms with Crippen molar-refractivity contribution < 1.29 is 14.0 Å². The summed E-state index contributed by atoms with van der Waals surface area (Å²) < 4.78 is 16.6. The molecule has 0 aliphatic carbocycles. The maximum absolute atomic E-state index is 14.8. The normalized spacial score (nSPS) is 13.7. The monoisotopic (exact) mass is 545 g/mol. The Balaban J connectivity index is 1.35. The Morgan fingerprint density at radius 2 is 1.90 bits per heavy atom. The van der Waals surface area contributed by atoms with Crippen LogP contribution in [0, 0.1) is 5.82 Å². The molecule has 0 atom stereocenters. The van der Waals surface area contributed by atoms with Gasteiger partial charge in [0.2, 0.25) is 11.9 Å². The molecule has 0 unspecified atom stereocenters. The lowest BCUT2D eigenvalue weighted by Gasteiger charge is -2.34. The number of aromatic amines is 1. The molecule has 1 amide bonds. The van der Waals surface area contributed by atoms with Gasteiger partial charge in [-0.2, -0.15) is 9.67 Å². The van der Waals surface area contributed by atoms with Gasteiger partial charge >= 0.3 is 0 Å². The quantitative estimate of drug-likeness (QED) is 0.111. The first kappa shape index (κ1) is 26.5. The number of aromatic nitrogens is 5. The number of para-hydroxylation sites is 1. The number of nitrogens with zero attached hydrogens (tertiary/aromatic N) is 9. The van der Waals surface area contributed by atoms with Crippen LogP contribution in [-0.4, -0.2) is 88.3 Å². The van der Waals surface area contributed by atoms with Gasteiger partial charge in [0, 0.05) is 58.9 Å². The van der Waals surface area contributed by atoms with Crippen LogP contribution in [0.3, 0.4) is 0 Å². The van der Waals surface area contributed by atoms with Crippen LogP contribution in [0.5, 0.6) is 0 Å². The molecular formula is C26H28FN11O2. The lowest BCUT2D eigenvalue weighted by Crippen LogP contribution is -2.51. The van der Waals surface area contributed by atoms with Crippen LogP contribution in [0.4, 0.5) is 22.1 Å². The third kappa shape index (κ3) is 4.87. The van der Waals surface area contributed by atoms with E-state index in [1.165, 1.54) is 23.5 Å². The van der Waals surface area contributed by atoms with Gasteiger partial charge in [-0.1, -0.05) is 18.2 Å². The van der Waals surface area contributed by atoms with Crippen molar-refractivity contribution in [2.45, 2.75) is 0 Å². The van der Waals surface area contributed by atoms with Crippen LogP contribution in [0.25, 0.3) is 16.6 Å². The zero-order chi connectivity index (χ0) is 28.4. The lowest BCUT2D eigenvalue weighted by molar-refractivity contribution is -0.126. The van der Waals surface area contributed by atoms with Crippen LogP contribution >= 0.6 is 0 Å². The van der Waals surface area contributed by atoms with Crippen molar-refractivity contribution in [1.29, 1.82) is 0 Å². The highest BCUT2D eigenvalue weighted by atomic mass is 19.1. The first-order chi connectivity index (χ1) is 19.3. The summed E-state index contributed by atoms with van der Waals surface area (Å²) in [5.41, 5.74) is 0.936. The summed E-state index contributed by atoms with van der Waals surface area (Å²) in [6.07, 6.45) is 4.95. The molecule has 206 valence electrons. The van der Waals surface area contributed by atoms with Gasteiger partial charge in [0.15, 0.2) is 11.6 Å². The van der Waals surface area contributed by atoms with Crippen LogP contribution in [-0.2, 0) is 4.79 Å². The van der Waals surface area contributed by atoms with Gasteiger partial charge in [0.25, 0.3) is 11.7 Å². The van der Waals surface area contributed by atoms with Gasteiger partial charge in [0.05, 0.1) is 28.4 Å². The molecule has 3 N–H and O–H groups in total. The highest BCUT2D eigenvalue weighted by Crippen LogP contribution is 2.29. The molecule has 1 aliphatic rings. The molecule has 14 heteroatoms. The second-order valence-electron chi connectivity index (χ2n) is 9.23. The fourth-order valence-electron chi connectivity index (χ4n) is 4.46. The molecule has 0 saturated carbocycles. The minimum Gasteiger partial charge on any atom is -0.357 e. The number of rotatable bonds is 8. The number of anilines is 3. The average molecular weight is 546 g/mol. The Morgan fingerprint density at radius 3 is 2.58 bits per heavy atom. The van der Waals surface area contributed by atoms with E-state index in [4.69, 9.17) is 10.8 Å². The van der Waals surface area contributed by atoms with E-state index in [1.54, 1.807) is 4.68 Å². The first-order valence-corrected chi connectivity index (χ1v) is 12.4. The molecule has 0 bridgehead atoms. The predicted molar refractivity (Wildman–Crippen MR) is 150 cm³/mol. The van der Waals surface area contributed by atoms with Crippen molar-refractivity contribution in [3.05, 3.63) is 66.5 Å². The van der Waals surface area contributed by atoms with Crippen LogP contribution in [0.1, 0.15) is 10.4 Å². The van der Waals surface area contributed by atoms with Gasteiger partial charge < -0.3 is 19.7 Å². The van der Waals surface area contributed by atoms with E-state index in [0.29, 0.717) is 25.0 Å². The largest absolute Gasteiger partial charge is 0.357 e. The highest BCUT2D eigenvalue weighted by Gasteiger charge is 2.31. The smallest absolute Gasteiger partial charge is 0.295 e. The summed E-state index contributed by atoms with van der Waals surface area (Å²) in [4.78, 5) is 46.9. The molecule has 5 rings (SSSR count). The Hall–Kier alpha value is -5.11. The Bertz CT molecular complexity index is 1590. The van der Waals surface area contributed by atoms with Crippen molar-refractivity contribution in [3.8, 4) is 5.69 Å². The van der Waals surface area contributed by atoms with E-state index < -0.39 is 17.5 Å². The second-order valence-corrected chi connectivity index (χ2v) is 9.23. The molecule has 3 aromatic heterocycles. The van der Waals surface area contributed by atoms with E-state index in [0.717, 1.165) is 16.9 Å². The van der Waals surface area contributed by atoms with E-state index in [2.05, 4.69) is 26.8 Å². The van der Waals surface area contributed by atoms with Crippen LogP contribution in [0.15, 0.2) is 60.1 Å². The molecule has 1 aromatic carbocycles. The van der Waals surface area contributed by atoms with Gasteiger partial charge in [-0.15, -0.1) is 5.10 Å². The second kappa shape index (κ2) is 10.9. The lowest BCUT2D eigenvalue weighted by atomic mass is 10.1. The molecule has 1 fully saturated rings. The minimum atomic E-state index is -0.829. The maximum atomic E-state index is 14.8. The summed E-state index contributed by atoms with van der Waals surface area (Å²) >= 11 is 0. The number of fused-ring (bicyclic) bond motifs is 1. The number of halogens is 1. The average Bonchev–Trinajstić information content (AvgIpc) is 3.62. The van der Waals surface area contributed by atoms with E-state index in [-0.39, 0.29) is 35.4 Å². The zero-order valence-electron chi connectivity index (χ0n) is 22.0. The van der Waals surface area contributed by atoms with Gasteiger partial charge in [-0.05, 0) is 18.9 Å². The number of amides is 1. The molecule has 1 saturated heterocycles. The number of Topliss-reactive ketones (excluding diaryl/α,β-unsaturated/α-hetero) is 1. The topological polar surface area (TPSA) is 145 Å². The Kier molecular flexibility index (Phi) is 7.25. The number of piperazine rings is 1. The molecule has 4 heterocycles. The SMILES string of the molecule is C=N/C=C\N(N)c1ncc(F)c2c(C(=O)C(=O)N3CCN(c4nc(N(C)C)nn4-c4ccccc4)CC3)c[nH]c12. The summed E-state index contributed by atoms with van der Waals surface area (Å²) in [7, 11) is 3.73. The van der Waals surface area contributed by atoms with Crippen molar-refractivity contribution >= 4 is 47.0 Å². The van der Waals surface area contributed by atoms with Crippen molar-refractivity contribution in [1.82, 2.24) is 29.6 Å². The molecule has 13 nitrogen and oxygen atoms in total. The number of H-pyrrole nitrogens is 1. The number of aliphatic imine (C=N–C) groups is 1. The third-order valence-electron chi connectivity index (χ3n) is 6.49. The molecule has 0 spiro atoms. The number of carbonyl (C=O) groups is 2. The summed E-state index contributed by atoms with van der Waals surface area (Å²) in [6, 6.07) is 9.65. The summed E-state index contributed by atoms with van der Waals surface area (Å²) in [6.45, 7) is 4.75. The molecule has 1 aliphatic heterocycles. The number of pyridine rings is 1. The van der Waals surface area contributed by atoms with Crippen LogP contribution < -0.4 is 20.7 Å². The standard InChI is InChI=1S/C26H28FN11O2/c1-29-9-10-37(28)23-21-20(19(27)16-31-23)18(15-30-21)22(39)24(40)35-11-13-36(14-12-35)26-32-25(34(2)3)33-38(26)17-7-5-4-6-8-17/h4-10,15-16,30H,1,11-14,28H2,2-3H3/b10-9-. The molecular weight excluding hydrogens is 517 g/mol. The van der Waals surface area contributed by atoms with Crippen molar-refractivity contribution in [2.24, 2.45) is 10.8 Å². The summed E-state index contributed by atoms with van der Waals surface area (Å²) in [5.74, 6) is 4.99. The fraction of sp³-hybridized carbons (Fsp3) is 0.231. The number of hydrazine groups is 1. The maximum Gasteiger partial charge on any atom is 0.295 e. The third-order valence-corrected chi connectivity index (χ3v) is 6.49. The zero-order valence-corrected chi connectivity index (χ0v) is 22.0. The number of nitrogens with one attached hydrogen (secondary N) is 1. The van der Waals surface area contributed by atoms with Gasteiger partial charge in [0.1, 0.15) is 0 Å². The number of hydrogen-bond donors (Lipinski definition) is 2. The number of carbonyl (C=O) groups excluding carboxylic acids is 2. The molecule has 4 aromatic rings. The summed E-state index contributed by atoms with van der Waals surface area (Å²) in [5, 5.41) is 5.67. The van der Waals surface area contributed by atoms with E-state index in [9.17, 15) is 14.0 Å². The fourth-order valence-corrected chi connectivity index (χ4v) is 4.46. The van der Waals surface area contributed by atoms with Gasteiger partial charge in [-0.3, -0.25) is 19.6 Å². The molecule has 0 radical (unpaired) electrons. The van der Waals surface area contributed by atoms with Crippen molar-refractivity contribution in [3.63, 3.8) is 0 Å². The van der Waals surface area contributed by atoms with E-state index in [1.807, 2.05) is 54.2 Å². The Morgan fingerprint density at radius 1 is 1.18 bits per heavy atom. The number of benzene rings is 1.